The van der Waals surface area contributed by atoms with Crippen molar-refractivity contribution in [3.63, 3.8) is 0 Å². The summed E-state index contributed by atoms with van der Waals surface area (Å²) in [6, 6.07) is 3.12. The number of halogens is 1. The Morgan fingerprint density at radius 1 is 1.26 bits per heavy atom. The highest BCUT2D eigenvalue weighted by atomic mass is 35.5. The second-order valence-corrected chi connectivity index (χ2v) is 9.80. The summed E-state index contributed by atoms with van der Waals surface area (Å²) in [6.07, 6.45) is 10.2. The van der Waals surface area contributed by atoms with E-state index in [9.17, 15) is 14.7 Å². The van der Waals surface area contributed by atoms with Crippen LogP contribution in [0.25, 0.3) is 0 Å². The number of hydrogen-bond donors (Lipinski definition) is 2. The highest BCUT2D eigenvalue weighted by molar-refractivity contribution is 6.32. The zero-order valence-corrected chi connectivity index (χ0v) is 20.6. The molecule has 8 nitrogen and oxygen atoms in total. The Hall–Kier alpha value is -2.32. The fourth-order valence-electron chi connectivity index (χ4n) is 5.07. The van der Waals surface area contributed by atoms with Crippen molar-refractivity contribution in [1.82, 2.24) is 15.1 Å². The van der Waals surface area contributed by atoms with Crippen LogP contribution in [0.15, 0.2) is 17.1 Å². The number of nitrogens with one attached hydrogen (secondary N) is 1. The van der Waals surface area contributed by atoms with Crippen molar-refractivity contribution in [2.75, 3.05) is 19.8 Å². The normalized spacial score (nSPS) is 19.9. The molecule has 34 heavy (non-hydrogen) atoms. The minimum Gasteiger partial charge on any atom is -0.482 e. The van der Waals surface area contributed by atoms with Crippen LogP contribution in [0.5, 0.6) is 5.75 Å². The lowest BCUT2D eigenvalue weighted by Gasteiger charge is -2.34. The molecule has 0 spiro atoms. The number of aliphatic imine (C=N–C) groups is 1. The quantitative estimate of drug-likeness (QED) is 0.487. The monoisotopic (exact) mass is 490 g/mol. The third-order valence-electron chi connectivity index (χ3n) is 7.00. The lowest BCUT2D eigenvalue weighted by molar-refractivity contribution is -0.136. The van der Waals surface area contributed by atoms with Gasteiger partial charge in [-0.2, -0.15) is 0 Å². The molecule has 1 saturated heterocycles. The first kappa shape index (κ1) is 24.8. The van der Waals surface area contributed by atoms with E-state index in [0.717, 1.165) is 37.8 Å². The standard InChI is InChI=1S/C25H35ClN4O4/c1-2-3-4-8-11-29(18-9-6-5-7-10-18)23(32)16-34-22-12-17-14-30-21(15-31)24(33)28-25(30)27-20(17)13-19(22)26/h12-13,18,21,31H,2-11,14-16H2,1H3,(H,27,28,33). The van der Waals surface area contributed by atoms with Crippen LogP contribution in [-0.4, -0.2) is 64.5 Å². The highest BCUT2D eigenvalue weighted by Gasteiger charge is 2.38. The Kier molecular flexibility index (Phi) is 8.32. The summed E-state index contributed by atoms with van der Waals surface area (Å²) in [5, 5.41) is 12.6. The van der Waals surface area contributed by atoms with Gasteiger partial charge >= 0.3 is 0 Å². The van der Waals surface area contributed by atoms with Gasteiger partial charge in [0.05, 0.1) is 17.3 Å². The minimum atomic E-state index is -0.662. The summed E-state index contributed by atoms with van der Waals surface area (Å²) in [5.74, 6) is 0.583. The third-order valence-corrected chi connectivity index (χ3v) is 7.29. The molecule has 2 amide bonds. The maximum atomic E-state index is 13.2. The molecule has 4 rings (SSSR count). The van der Waals surface area contributed by atoms with E-state index in [1.807, 2.05) is 4.90 Å². The van der Waals surface area contributed by atoms with Crippen LogP contribution < -0.4 is 10.1 Å². The largest absolute Gasteiger partial charge is 0.482 e. The molecule has 1 aromatic carbocycles. The lowest BCUT2D eigenvalue weighted by Crippen LogP contribution is -2.44. The Bertz CT molecular complexity index is 932. The Morgan fingerprint density at radius 2 is 2.06 bits per heavy atom. The first-order chi connectivity index (χ1) is 16.5. The van der Waals surface area contributed by atoms with Crippen LogP contribution in [0, 0.1) is 0 Å². The molecule has 3 aliphatic rings. The number of amides is 2. The molecule has 186 valence electrons. The summed E-state index contributed by atoms with van der Waals surface area (Å²) >= 11 is 6.46. The number of guanidine groups is 1. The molecule has 1 unspecified atom stereocenters. The summed E-state index contributed by atoms with van der Waals surface area (Å²) in [5.41, 5.74) is 1.47. The maximum Gasteiger partial charge on any atom is 0.260 e. The molecule has 9 heteroatoms. The number of rotatable bonds is 10. The van der Waals surface area contributed by atoms with Gasteiger partial charge in [-0.25, -0.2) is 4.99 Å². The molecule has 1 aliphatic carbocycles. The van der Waals surface area contributed by atoms with E-state index in [0.29, 0.717) is 35.0 Å². The van der Waals surface area contributed by atoms with Gasteiger partial charge in [0.25, 0.3) is 11.8 Å². The van der Waals surface area contributed by atoms with E-state index in [-0.39, 0.29) is 25.0 Å². The van der Waals surface area contributed by atoms with Gasteiger partial charge in [0.2, 0.25) is 5.96 Å². The average molecular weight is 491 g/mol. The van der Waals surface area contributed by atoms with Crippen molar-refractivity contribution in [2.24, 2.45) is 4.99 Å². The molecule has 1 saturated carbocycles. The van der Waals surface area contributed by atoms with E-state index < -0.39 is 6.04 Å². The molecule has 0 bridgehead atoms. The number of aliphatic hydroxyl groups excluding tert-OH is 1. The van der Waals surface area contributed by atoms with Crippen molar-refractivity contribution in [1.29, 1.82) is 0 Å². The number of unbranched alkanes of at least 4 members (excludes halogenated alkanes) is 3. The van der Waals surface area contributed by atoms with Crippen molar-refractivity contribution in [3.8, 4) is 5.75 Å². The number of fused-ring (bicyclic) bond motifs is 2. The van der Waals surface area contributed by atoms with Gasteiger partial charge < -0.3 is 19.6 Å². The van der Waals surface area contributed by atoms with Crippen LogP contribution in [0.1, 0.15) is 70.3 Å². The molecule has 2 aliphatic heterocycles. The molecule has 2 heterocycles. The first-order valence-electron chi connectivity index (χ1n) is 12.5. The van der Waals surface area contributed by atoms with E-state index in [1.54, 1.807) is 17.0 Å². The van der Waals surface area contributed by atoms with Gasteiger partial charge in [0, 0.05) is 24.7 Å². The van der Waals surface area contributed by atoms with Crippen molar-refractivity contribution >= 4 is 35.1 Å². The Morgan fingerprint density at radius 3 is 2.79 bits per heavy atom. The molecule has 2 fully saturated rings. The molecule has 0 aromatic heterocycles. The molecule has 2 N–H and O–H groups in total. The van der Waals surface area contributed by atoms with Crippen LogP contribution in [0.4, 0.5) is 5.69 Å². The topological polar surface area (TPSA) is 94.5 Å². The summed E-state index contributed by atoms with van der Waals surface area (Å²) in [7, 11) is 0. The number of aliphatic hydroxyl groups is 1. The average Bonchev–Trinajstić information content (AvgIpc) is 3.15. The molecular weight excluding hydrogens is 456 g/mol. The molecule has 1 aromatic rings. The summed E-state index contributed by atoms with van der Waals surface area (Å²) in [4.78, 5) is 33.5. The van der Waals surface area contributed by atoms with Gasteiger partial charge in [-0.05, 0) is 31.4 Å². The first-order valence-corrected chi connectivity index (χ1v) is 12.9. The van der Waals surface area contributed by atoms with Crippen molar-refractivity contribution in [2.45, 2.75) is 83.3 Å². The van der Waals surface area contributed by atoms with E-state index in [1.165, 1.54) is 32.1 Å². The van der Waals surface area contributed by atoms with Gasteiger partial charge in [-0.15, -0.1) is 0 Å². The van der Waals surface area contributed by atoms with Crippen molar-refractivity contribution in [3.05, 3.63) is 22.7 Å². The lowest BCUT2D eigenvalue weighted by atomic mass is 9.94. The number of carbonyl (C=O) groups excluding carboxylic acids is 2. The third kappa shape index (κ3) is 5.49. The fourth-order valence-corrected chi connectivity index (χ4v) is 5.28. The zero-order valence-electron chi connectivity index (χ0n) is 19.9. The van der Waals surface area contributed by atoms with E-state index >= 15 is 0 Å². The minimum absolute atomic E-state index is 0.00665. The van der Waals surface area contributed by atoms with Crippen LogP contribution in [0.3, 0.4) is 0 Å². The maximum absolute atomic E-state index is 13.2. The van der Waals surface area contributed by atoms with Gasteiger partial charge in [0.1, 0.15) is 11.8 Å². The van der Waals surface area contributed by atoms with Crippen LogP contribution in [0.2, 0.25) is 5.02 Å². The molecule has 0 radical (unpaired) electrons. The predicted octanol–water partition coefficient (Wildman–Crippen LogP) is 3.75. The number of hydrogen-bond acceptors (Lipinski definition) is 6. The highest BCUT2D eigenvalue weighted by Crippen LogP contribution is 2.37. The number of benzene rings is 1. The predicted molar refractivity (Wildman–Crippen MR) is 131 cm³/mol. The van der Waals surface area contributed by atoms with Gasteiger partial charge in [0.15, 0.2) is 6.61 Å². The number of nitrogens with zero attached hydrogens (tertiary/aromatic N) is 3. The van der Waals surface area contributed by atoms with Crippen LogP contribution in [-0.2, 0) is 16.1 Å². The second kappa shape index (κ2) is 11.4. The zero-order chi connectivity index (χ0) is 24.1. The number of carbonyl (C=O) groups is 2. The van der Waals surface area contributed by atoms with E-state index in [2.05, 4.69) is 17.2 Å². The SMILES string of the molecule is CCCCCCN(C(=O)COc1cc2c(cc1Cl)N=C1NC(=O)C(CO)N1C2)C1CCCCC1. The molecule has 1 atom stereocenters. The molecular formula is C25H35ClN4O4. The van der Waals surface area contributed by atoms with Crippen LogP contribution >= 0.6 is 11.6 Å². The van der Waals surface area contributed by atoms with Crippen molar-refractivity contribution < 1.29 is 19.4 Å². The Labute approximate surface area is 206 Å². The summed E-state index contributed by atoms with van der Waals surface area (Å²) < 4.78 is 5.93. The number of ether oxygens (including phenoxy) is 1. The van der Waals surface area contributed by atoms with E-state index in [4.69, 9.17) is 16.3 Å². The summed E-state index contributed by atoms with van der Waals surface area (Å²) in [6.45, 7) is 3.02. The Balaban J connectivity index is 1.43. The van der Waals surface area contributed by atoms with Gasteiger partial charge in [-0.3, -0.25) is 14.9 Å². The van der Waals surface area contributed by atoms with Gasteiger partial charge in [-0.1, -0.05) is 57.0 Å². The fraction of sp³-hybridized carbons (Fsp3) is 0.640. The smallest absolute Gasteiger partial charge is 0.260 e. The second-order valence-electron chi connectivity index (χ2n) is 9.39.